The van der Waals surface area contributed by atoms with Crippen LogP contribution in [0.15, 0.2) is 0 Å². The largest absolute Gasteiger partial charge is 0.463 e. The van der Waals surface area contributed by atoms with Crippen LogP contribution in [0.25, 0.3) is 0 Å². The number of ether oxygens (including phenoxy) is 6. The highest BCUT2D eigenvalue weighted by Crippen LogP contribution is 2.31. The van der Waals surface area contributed by atoms with E-state index in [9.17, 15) is 19.2 Å². The Morgan fingerprint density at radius 1 is 0.537 bits per heavy atom. The number of esters is 4. The summed E-state index contributed by atoms with van der Waals surface area (Å²) in [5.74, 6) is -1.89. The number of methoxy groups -OCH3 is 1. The van der Waals surface area contributed by atoms with Crippen LogP contribution in [-0.4, -0.2) is 68.3 Å². The van der Waals surface area contributed by atoms with Gasteiger partial charge in [-0.15, -0.1) is 0 Å². The molecule has 0 radical (unpaired) electrons. The van der Waals surface area contributed by atoms with Crippen LogP contribution in [0.5, 0.6) is 0 Å². The minimum absolute atomic E-state index is 0.161. The van der Waals surface area contributed by atoms with E-state index in [0.29, 0.717) is 25.7 Å². The fourth-order valence-electron chi connectivity index (χ4n) is 4.56. The standard InChI is InChI=1S/C31H54O10/c1-6-10-14-18-24(32)37-22-23-28(39-25(33)19-15-11-7-2)29(40-26(34)20-16-12-8-3)30(31(36-5)38-23)41-27(35)21-17-13-9-4/h23,28-31H,6-22H2,1-5H3/t23-,28-,29+,30-,31-/m0/s1. The highest BCUT2D eigenvalue weighted by Gasteiger charge is 2.53. The number of hydrogen-bond acceptors (Lipinski definition) is 10. The summed E-state index contributed by atoms with van der Waals surface area (Å²) < 4.78 is 34.5. The van der Waals surface area contributed by atoms with Crippen LogP contribution in [0.3, 0.4) is 0 Å². The first kappa shape index (κ1) is 36.8. The molecule has 1 rings (SSSR count). The van der Waals surface area contributed by atoms with Crippen molar-refractivity contribution in [3.8, 4) is 0 Å². The fourth-order valence-corrected chi connectivity index (χ4v) is 4.56. The van der Waals surface area contributed by atoms with E-state index in [1.807, 2.05) is 27.7 Å². The Bertz CT molecular complexity index is 755. The highest BCUT2D eigenvalue weighted by atomic mass is 16.7. The summed E-state index contributed by atoms with van der Waals surface area (Å²) in [6.45, 7) is 7.90. The lowest BCUT2D eigenvalue weighted by Crippen LogP contribution is -2.63. The third kappa shape index (κ3) is 15.0. The molecule has 0 aromatic carbocycles. The van der Waals surface area contributed by atoms with Crippen molar-refractivity contribution < 1.29 is 47.6 Å². The summed E-state index contributed by atoms with van der Waals surface area (Å²) in [5, 5.41) is 0. The minimum atomic E-state index is -1.20. The van der Waals surface area contributed by atoms with Crippen LogP contribution in [-0.2, 0) is 47.6 Å². The molecular formula is C31H54O10. The molecule has 0 amide bonds. The van der Waals surface area contributed by atoms with Crippen LogP contribution in [0, 0.1) is 0 Å². The summed E-state index contributed by atoms with van der Waals surface area (Å²) >= 11 is 0. The van der Waals surface area contributed by atoms with Crippen LogP contribution >= 0.6 is 0 Å². The fraction of sp³-hybridized carbons (Fsp3) is 0.871. The molecule has 1 aliphatic rings. The molecule has 10 nitrogen and oxygen atoms in total. The molecule has 1 aliphatic heterocycles. The lowest BCUT2D eigenvalue weighted by Gasteiger charge is -2.44. The van der Waals surface area contributed by atoms with E-state index >= 15 is 0 Å². The van der Waals surface area contributed by atoms with E-state index in [4.69, 9.17) is 28.4 Å². The number of hydrogen-bond donors (Lipinski definition) is 0. The monoisotopic (exact) mass is 586 g/mol. The van der Waals surface area contributed by atoms with Crippen LogP contribution in [0.4, 0.5) is 0 Å². The zero-order valence-corrected chi connectivity index (χ0v) is 26.0. The Hall–Kier alpha value is -2.20. The van der Waals surface area contributed by atoms with Crippen molar-refractivity contribution in [1.29, 1.82) is 0 Å². The molecule has 0 unspecified atom stereocenters. The van der Waals surface area contributed by atoms with Gasteiger partial charge in [0.1, 0.15) is 12.7 Å². The number of carbonyl (C=O) groups is 4. The molecule has 0 saturated carbocycles. The van der Waals surface area contributed by atoms with Gasteiger partial charge in [0.15, 0.2) is 24.6 Å². The lowest BCUT2D eigenvalue weighted by atomic mass is 9.97. The summed E-state index contributed by atoms with van der Waals surface area (Å²) in [4.78, 5) is 50.9. The van der Waals surface area contributed by atoms with Crippen LogP contribution in [0.2, 0.25) is 0 Å². The second-order valence-electron chi connectivity index (χ2n) is 10.7. The average molecular weight is 587 g/mol. The number of carbonyl (C=O) groups excluding carboxylic acids is 4. The smallest absolute Gasteiger partial charge is 0.306 e. The predicted molar refractivity (Wildman–Crippen MR) is 153 cm³/mol. The predicted octanol–water partition coefficient (Wildman–Crippen LogP) is 5.96. The van der Waals surface area contributed by atoms with E-state index in [-0.39, 0.29) is 32.3 Å². The molecule has 238 valence electrons. The summed E-state index contributed by atoms with van der Waals surface area (Å²) in [6, 6.07) is 0. The van der Waals surface area contributed by atoms with Crippen molar-refractivity contribution in [2.75, 3.05) is 13.7 Å². The molecule has 1 fully saturated rings. The Labute approximate surface area is 246 Å². The van der Waals surface area contributed by atoms with E-state index in [1.165, 1.54) is 7.11 Å². The maximum Gasteiger partial charge on any atom is 0.306 e. The second-order valence-corrected chi connectivity index (χ2v) is 10.7. The third-order valence-electron chi connectivity index (χ3n) is 6.97. The van der Waals surface area contributed by atoms with Gasteiger partial charge in [0.05, 0.1) is 0 Å². The van der Waals surface area contributed by atoms with Gasteiger partial charge in [-0.1, -0.05) is 79.1 Å². The molecule has 0 spiro atoms. The van der Waals surface area contributed by atoms with E-state index < -0.39 is 54.6 Å². The van der Waals surface area contributed by atoms with Gasteiger partial charge in [-0.2, -0.15) is 0 Å². The van der Waals surface area contributed by atoms with Crippen molar-refractivity contribution in [3.05, 3.63) is 0 Å². The second kappa shape index (κ2) is 22.4. The van der Waals surface area contributed by atoms with Gasteiger partial charge in [-0.3, -0.25) is 19.2 Å². The molecule has 1 heterocycles. The van der Waals surface area contributed by atoms with E-state index in [0.717, 1.165) is 51.4 Å². The SMILES string of the molecule is CCCCCC(=O)OC[C@@H]1O[C@H](OC)[C@@H](OC(=O)CCCCC)[C@H](OC(=O)CCCCC)[C@H]1OC(=O)CCCCC. The van der Waals surface area contributed by atoms with Gasteiger partial charge in [0.25, 0.3) is 0 Å². The molecule has 5 atom stereocenters. The first-order valence-electron chi connectivity index (χ1n) is 15.7. The Morgan fingerprint density at radius 3 is 1.34 bits per heavy atom. The highest BCUT2D eigenvalue weighted by molar-refractivity contribution is 5.72. The quantitative estimate of drug-likeness (QED) is 0.0853. The number of unbranched alkanes of at least 4 members (excludes halogenated alkanes) is 8. The van der Waals surface area contributed by atoms with E-state index in [2.05, 4.69) is 0 Å². The summed E-state index contributed by atoms with van der Waals surface area (Å²) in [7, 11) is 1.38. The Kier molecular flexibility index (Phi) is 20.1. The number of rotatable bonds is 22. The van der Waals surface area contributed by atoms with Crippen molar-refractivity contribution in [1.82, 2.24) is 0 Å². The molecule has 0 aliphatic carbocycles. The molecule has 0 bridgehead atoms. The van der Waals surface area contributed by atoms with Crippen LogP contribution in [0.1, 0.15) is 130 Å². The molecule has 10 heteroatoms. The zero-order valence-electron chi connectivity index (χ0n) is 26.0. The normalized spacial score (nSPS) is 22.1. The Morgan fingerprint density at radius 2 is 0.927 bits per heavy atom. The molecule has 1 saturated heterocycles. The van der Waals surface area contributed by atoms with Crippen LogP contribution < -0.4 is 0 Å². The Balaban J connectivity index is 3.25. The molecule has 0 aromatic heterocycles. The van der Waals surface area contributed by atoms with Crippen molar-refractivity contribution in [2.24, 2.45) is 0 Å². The maximum atomic E-state index is 12.9. The first-order chi connectivity index (χ1) is 19.8. The van der Waals surface area contributed by atoms with Gasteiger partial charge in [-0.05, 0) is 25.7 Å². The van der Waals surface area contributed by atoms with Crippen molar-refractivity contribution in [3.63, 3.8) is 0 Å². The summed E-state index contributed by atoms with van der Waals surface area (Å²) in [5.41, 5.74) is 0. The third-order valence-corrected chi connectivity index (χ3v) is 6.97. The van der Waals surface area contributed by atoms with Crippen molar-refractivity contribution >= 4 is 23.9 Å². The minimum Gasteiger partial charge on any atom is -0.463 e. The van der Waals surface area contributed by atoms with Gasteiger partial charge < -0.3 is 28.4 Å². The van der Waals surface area contributed by atoms with Gasteiger partial charge in [0, 0.05) is 32.8 Å². The lowest BCUT2D eigenvalue weighted by molar-refractivity contribution is -0.303. The maximum absolute atomic E-state index is 12.9. The topological polar surface area (TPSA) is 124 Å². The molecule has 0 N–H and O–H groups in total. The first-order valence-corrected chi connectivity index (χ1v) is 15.7. The molecular weight excluding hydrogens is 532 g/mol. The zero-order chi connectivity index (χ0) is 30.5. The van der Waals surface area contributed by atoms with Gasteiger partial charge >= 0.3 is 23.9 Å². The average Bonchev–Trinajstić information content (AvgIpc) is 2.94. The van der Waals surface area contributed by atoms with E-state index in [1.54, 1.807) is 0 Å². The molecule has 41 heavy (non-hydrogen) atoms. The van der Waals surface area contributed by atoms with Gasteiger partial charge in [0.2, 0.25) is 0 Å². The van der Waals surface area contributed by atoms with Gasteiger partial charge in [-0.25, -0.2) is 0 Å². The molecule has 0 aromatic rings. The van der Waals surface area contributed by atoms with Crippen molar-refractivity contribution in [2.45, 2.75) is 161 Å². The summed E-state index contributed by atoms with van der Waals surface area (Å²) in [6.07, 6.45) is 4.96.